The minimum absolute atomic E-state index is 0.0974. The fourth-order valence-corrected chi connectivity index (χ4v) is 6.09. The first-order valence-electron chi connectivity index (χ1n) is 12.1. The van der Waals surface area contributed by atoms with Gasteiger partial charge in [0.25, 0.3) is 0 Å². The van der Waals surface area contributed by atoms with E-state index < -0.39 is 5.41 Å². The van der Waals surface area contributed by atoms with Crippen LogP contribution in [0.5, 0.6) is 5.75 Å². The Morgan fingerprint density at radius 2 is 1.86 bits per heavy atom. The second-order valence-electron chi connectivity index (χ2n) is 9.52. The van der Waals surface area contributed by atoms with E-state index in [4.69, 9.17) is 9.26 Å². The van der Waals surface area contributed by atoms with Crippen LogP contribution in [0.25, 0.3) is 22.2 Å². The zero-order valence-corrected chi connectivity index (χ0v) is 19.5. The molecule has 5 aromatic rings. The molecular weight excluding hydrogens is 436 g/mol. The molecule has 0 saturated carbocycles. The second-order valence-corrected chi connectivity index (χ2v) is 9.52. The third-order valence-electron chi connectivity index (χ3n) is 7.67. The Kier molecular flexibility index (Phi) is 4.31. The van der Waals surface area contributed by atoms with Gasteiger partial charge in [-0.15, -0.1) is 0 Å². The summed E-state index contributed by atoms with van der Waals surface area (Å²) in [5.74, 6) is 1.57. The van der Waals surface area contributed by atoms with Gasteiger partial charge in [-0.2, -0.15) is 0 Å². The number of carbonyl (C=O) groups excluding carboxylic acids is 1. The number of carbonyl (C=O) groups is 1. The van der Waals surface area contributed by atoms with Crippen molar-refractivity contribution in [3.05, 3.63) is 107 Å². The van der Waals surface area contributed by atoms with Gasteiger partial charge in [0.2, 0.25) is 0 Å². The van der Waals surface area contributed by atoms with Crippen LogP contribution < -0.4 is 4.74 Å². The van der Waals surface area contributed by atoms with Crippen LogP contribution in [0.15, 0.2) is 83.4 Å². The Balaban J connectivity index is 1.44. The highest BCUT2D eigenvalue weighted by molar-refractivity contribution is 6.15. The molecule has 0 radical (unpaired) electrons. The number of hydrogen-bond donors (Lipinski definition) is 0. The Labute approximate surface area is 202 Å². The molecule has 0 amide bonds. The lowest BCUT2D eigenvalue weighted by molar-refractivity contribution is 0.0887. The summed E-state index contributed by atoms with van der Waals surface area (Å²) in [7, 11) is 2.05. The Morgan fingerprint density at radius 1 is 1.03 bits per heavy atom. The average Bonchev–Trinajstić information content (AvgIpc) is 3.49. The first-order valence-corrected chi connectivity index (χ1v) is 12.1. The van der Waals surface area contributed by atoms with Crippen molar-refractivity contribution in [2.24, 2.45) is 7.05 Å². The number of aryl methyl sites for hydroxylation is 2. The third-order valence-corrected chi connectivity index (χ3v) is 7.67. The van der Waals surface area contributed by atoms with E-state index in [0.717, 1.165) is 64.0 Å². The van der Waals surface area contributed by atoms with Crippen LogP contribution in [0, 0.1) is 0 Å². The molecule has 0 fully saturated rings. The molecule has 2 aromatic heterocycles. The summed E-state index contributed by atoms with van der Waals surface area (Å²) in [6, 6.07) is 26.2. The zero-order chi connectivity index (χ0) is 23.6. The van der Waals surface area contributed by atoms with E-state index in [2.05, 4.69) is 35.0 Å². The van der Waals surface area contributed by atoms with Crippen molar-refractivity contribution in [3.63, 3.8) is 0 Å². The van der Waals surface area contributed by atoms with E-state index in [1.165, 1.54) is 0 Å². The van der Waals surface area contributed by atoms with E-state index in [0.29, 0.717) is 17.9 Å². The molecule has 0 spiro atoms. The Bertz CT molecular complexity index is 1610. The first kappa shape index (κ1) is 20.3. The lowest BCUT2D eigenvalue weighted by atomic mass is 9.61. The van der Waals surface area contributed by atoms with Crippen molar-refractivity contribution in [2.45, 2.75) is 31.3 Å². The van der Waals surface area contributed by atoms with Crippen LogP contribution in [0.2, 0.25) is 0 Å². The van der Waals surface area contributed by atoms with E-state index in [-0.39, 0.29) is 5.78 Å². The van der Waals surface area contributed by atoms with Crippen molar-refractivity contribution in [1.82, 2.24) is 9.72 Å². The van der Waals surface area contributed by atoms with Gasteiger partial charge >= 0.3 is 0 Å². The summed E-state index contributed by atoms with van der Waals surface area (Å²) >= 11 is 0. The van der Waals surface area contributed by atoms with Gasteiger partial charge in [0, 0.05) is 35.8 Å². The maximum atomic E-state index is 14.5. The van der Waals surface area contributed by atoms with Crippen LogP contribution in [0.1, 0.15) is 45.8 Å². The summed E-state index contributed by atoms with van der Waals surface area (Å²) in [6.07, 6.45) is 2.38. The van der Waals surface area contributed by atoms with Crippen molar-refractivity contribution in [3.8, 4) is 17.0 Å². The number of nitrogens with zero attached hydrogens (tertiary/aromatic N) is 2. The van der Waals surface area contributed by atoms with E-state index in [9.17, 15) is 4.79 Å². The smallest absolute Gasteiger partial charge is 0.180 e. The van der Waals surface area contributed by atoms with Crippen LogP contribution in [0.4, 0.5) is 0 Å². The predicted molar refractivity (Wildman–Crippen MR) is 134 cm³/mol. The number of fused-ring (bicyclic) bond motifs is 3. The van der Waals surface area contributed by atoms with Crippen molar-refractivity contribution >= 4 is 16.7 Å². The molecule has 1 atom stereocenters. The van der Waals surface area contributed by atoms with Gasteiger partial charge in [-0.05, 0) is 42.0 Å². The molecule has 172 valence electrons. The first-order chi connectivity index (χ1) is 17.2. The maximum Gasteiger partial charge on any atom is 0.180 e. The van der Waals surface area contributed by atoms with Gasteiger partial charge in [-0.1, -0.05) is 65.8 Å². The Hall–Kier alpha value is -4.12. The largest absolute Gasteiger partial charge is 0.488 e. The molecule has 0 aliphatic heterocycles. The molecular formula is C30H24N2O3. The van der Waals surface area contributed by atoms with E-state index in [1.807, 2.05) is 60.7 Å². The topological polar surface area (TPSA) is 57.3 Å². The lowest BCUT2D eigenvalue weighted by Gasteiger charge is -2.39. The van der Waals surface area contributed by atoms with E-state index in [1.54, 1.807) is 0 Å². The fourth-order valence-electron chi connectivity index (χ4n) is 6.09. The number of benzene rings is 3. The normalized spacial score (nSPS) is 18.4. The average molecular weight is 461 g/mol. The molecule has 0 unspecified atom stereocenters. The van der Waals surface area contributed by atoms with Gasteiger partial charge in [0.15, 0.2) is 5.78 Å². The predicted octanol–water partition coefficient (Wildman–Crippen LogP) is 6.23. The third kappa shape index (κ3) is 2.75. The van der Waals surface area contributed by atoms with Crippen LogP contribution in [0.3, 0.4) is 0 Å². The summed E-state index contributed by atoms with van der Waals surface area (Å²) in [4.78, 5) is 14.5. The fraction of sp³-hybridized carbons (Fsp3) is 0.200. The number of rotatable bonds is 4. The molecule has 2 aliphatic carbocycles. The van der Waals surface area contributed by atoms with Crippen LogP contribution >= 0.6 is 0 Å². The molecule has 2 aliphatic rings. The quantitative estimate of drug-likeness (QED) is 0.319. The van der Waals surface area contributed by atoms with Gasteiger partial charge in [-0.25, -0.2) is 0 Å². The second kappa shape index (κ2) is 7.44. The van der Waals surface area contributed by atoms with Crippen molar-refractivity contribution in [1.29, 1.82) is 0 Å². The number of Topliss-reactive ketones (excluding diaryl/α,β-unsaturated/α-hetero) is 1. The minimum atomic E-state index is -0.818. The van der Waals surface area contributed by atoms with Gasteiger partial charge in [0.05, 0.1) is 5.56 Å². The molecule has 35 heavy (non-hydrogen) atoms. The molecule has 7 rings (SSSR count). The number of ketones is 1. The van der Waals surface area contributed by atoms with Gasteiger partial charge in [0.1, 0.15) is 29.2 Å². The molecule has 2 heterocycles. The van der Waals surface area contributed by atoms with Crippen molar-refractivity contribution in [2.75, 3.05) is 0 Å². The summed E-state index contributed by atoms with van der Waals surface area (Å²) in [6.45, 7) is 0.417. The van der Waals surface area contributed by atoms with Crippen molar-refractivity contribution < 1.29 is 14.1 Å². The minimum Gasteiger partial charge on any atom is -0.488 e. The van der Waals surface area contributed by atoms with Crippen LogP contribution in [-0.4, -0.2) is 15.5 Å². The standard InChI is InChI=1S/C30H24N2O3/c1-32-22-13-6-5-11-20(22)17-25(32)30-16-8-15-24-27(30)28(31-35-24)26-21(29(30)33)12-7-14-23(26)34-18-19-9-3-2-4-10-19/h2-7,9-14,17H,8,15-16,18H2,1H3/t30-/m1/s1. The molecule has 0 bridgehead atoms. The lowest BCUT2D eigenvalue weighted by Crippen LogP contribution is -2.44. The molecule has 5 nitrogen and oxygen atoms in total. The molecule has 0 saturated heterocycles. The van der Waals surface area contributed by atoms with Gasteiger partial charge in [-0.3, -0.25) is 4.79 Å². The number of aromatic nitrogens is 2. The molecule has 5 heteroatoms. The summed E-state index contributed by atoms with van der Waals surface area (Å²) < 4.78 is 14.3. The van der Waals surface area contributed by atoms with Crippen LogP contribution in [-0.2, 0) is 25.5 Å². The van der Waals surface area contributed by atoms with Gasteiger partial charge < -0.3 is 13.8 Å². The molecule has 0 N–H and O–H groups in total. The zero-order valence-electron chi connectivity index (χ0n) is 19.5. The molecule has 3 aromatic carbocycles. The Morgan fingerprint density at radius 3 is 2.71 bits per heavy atom. The number of hydrogen-bond acceptors (Lipinski definition) is 4. The summed E-state index contributed by atoms with van der Waals surface area (Å²) in [5, 5.41) is 5.67. The SMILES string of the molecule is Cn1c([C@]23CCCc4onc(c42)-c2c(OCc4ccccc4)cccc2C3=O)cc2ccccc21. The highest BCUT2D eigenvalue weighted by Gasteiger charge is 2.54. The highest BCUT2D eigenvalue weighted by atomic mass is 16.5. The number of para-hydroxylation sites is 1. The number of ether oxygens (including phenoxy) is 1. The monoisotopic (exact) mass is 460 g/mol. The highest BCUT2D eigenvalue weighted by Crippen LogP contribution is 2.55. The summed E-state index contributed by atoms with van der Waals surface area (Å²) in [5.41, 5.74) is 5.41. The van der Waals surface area contributed by atoms with E-state index >= 15 is 0 Å². The maximum absolute atomic E-state index is 14.5.